The molecule has 18 heavy (non-hydrogen) atoms. The van der Waals surface area contributed by atoms with Crippen LogP contribution in [0.15, 0.2) is 0 Å². The molecule has 0 atom stereocenters. The monoisotopic (exact) mass is 267 g/mol. The van der Waals surface area contributed by atoms with Gasteiger partial charge in [-0.25, -0.2) is 4.98 Å². The number of aromatic nitrogens is 1. The number of nitrogens with zero attached hydrogens (tertiary/aromatic N) is 2. The van der Waals surface area contributed by atoms with Crippen LogP contribution in [0.3, 0.4) is 0 Å². The number of thiazole rings is 1. The zero-order chi connectivity index (χ0) is 13.1. The smallest absolute Gasteiger partial charge is 0.240 e. The van der Waals surface area contributed by atoms with E-state index >= 15 is 0 Å². The lowest BCUT2D eigenvalue weighted by Crippen LogP contribution is -2.38. The number of rotatable bonds is 3. The Morgan fingerprint density at radius 3 is 2.67 bits per heavy atom. The van der Waals surface area contributed by atoms with Crippen LogP contribution in [-0.2, 0) is 4.79 Å². The van der Waals surface area contributed by atoms with Crippen molar-refractivity contribution in [2.24, 2.45) is 5.92 Å². The minimum Gasteiger partial charge on any atom is -0.301 e. The van der Waals surface area contributed by atoms with Gasteiger partial charge in [0.1, 0.15) is 0 Å². The molecule has 0 aliphatic carbocycles. The maximum atomic E-state index is 11.9. The number of likely N-dealkylation sites (tertiary alicyclic amines) is 1. The van der Waals surface area contributed by atoms with Crippen LogP contribution in [0.5, 0.6) is 0 Å². The highest BCUT2D eigenvalue weighted by Crippen LogP contribution is 2.21. The van der Waals surface area contributed by atoms with Crippen molar-refractivity contribution in [3.8, 4) is 0 Å². The van der Waals surface area contributed by atoms with Crippen LogP contribution in [0.4, 0.5) is 5.13 Å². The number of anilines is 1. The van der Waals surface area contributed by atoms with Gasteiger partial charge in [0, 0.05) is 4.88 Å². The predicted octanol–water partition coefficient (Wildman–Crippen LogP) is 2.43. The van der Waals surface area contributed by atoms with Crippen molar-refractivity contribution in [1.29, 1.82) is 0 Å². The Labute approximate surface area is 112 Å². The Morgan fingerprint density at radius 2 is 2.11 bits per heavy atom. The van der Waals surface area contributed by atoms with Crippen molar-refractivity contribution < 1.29 is 4.79 Å². The van der Waals surface area contributed by atoms with Crippen LogP contribution >= 0.6 is 11.3 Å². The Bertz CT molecular complexity index is 402. The molecule has 0 unspecified atom stereocenters. The van der Waals surface area contributed by atoms with E-state index in [1.807, 2.05) is 13.8 Å². The second-order valence-corrected chi connectivity index (χ2v) is 6.37. The summed E-state index contributed by atoms with van der Waals surface area (Å²) in [6.07, 6.45) is 2.39. The van der Waals surface area contributed by atoms with Gasteiger partial charge in [0.2, 0.25) is 5.91 Å². The van der Waals surface area contributed by atoms with E-state index in [-0.39, 0.29) is 5.91 Å². The average molecular weight is 267 g/mol. The summed E-state index contributed by atoms with van der Waals surface area (Å²) in [7, 11) is 0. The number of carbonyl (C=O) groups excluding carboxylic acids is 1. The summed E-state index contributed by atoms with van der Waals surface area (Å²) < 4.78 is 0. The molecule has 0 aromatic carbocycles. The molecule has 1 aliphatic heterocycles. The lowest BCUT2D eigenvalue weighted by atomic mass is 9.99. The number of hydrogen-bond acceptors (Lipinski definition) is 4. The van der Waals surface area contributed by atoms with Gasteiger partial charge in [0.15, 0.2) is 5.13 Å². The molecule has 1 saturated heterocycles. The standard InChI is InChI=1S/C13H21N3OS/c1-9-4-6-16(7-5-9)8-12(17)15-13-14-10(2)11(3)18-13/h9H,4-8H2,1-3H3,(H,14,15,17). The van der Waals surface area contributed by atoms with Crippen LogP contribution in [0.1, 0.15) is 30.3 Å². The fourth-order valence-corrected chi connectivity index (χ4v) is 2.94. The first kappa shape index (κ1) is 13.5. The summed E-state index contributed by atoms with van der Waals surface area (Å²) in [4.78, 5) is 19.6. The van der Waals surface area contributed by atoms with Gasteiger partial charge < -0.3 is 5.32 Å². The number of aryl methyl sites for hydroxylation is 2. The highest BCUT2D eigenvalue weighted by atomic mass is 32.1. The second kappa shape index (κ2) is 5.80. The molecular formula is C13H21N3OS. The molecule has 0 saturated carbocycles. The zero-order valence-corrected chi connectivity index (χ0v) is 12.1. The Hall–Kier alpha value is -0.940. The van der Waals surface area contributed by atoms with Crippen molar-refractivity contribution >= 4 is 22.4 Å². The maximum Gasteiger partial charge on any atom is 0.240 e. The molecule has 1 N–H and O–H groups in total. The summed E-state index contributed by atoms with van der Waals surface area (Å²) in [5, 5.41) is 3.61. The van der Waals surface area contributed by atoms with Gasteiger partial charge in [0.25, 0.3) is 0 Å². The highest BCUT2D eigenvalue weighted by Gasteiger charge is 2.18. The molecule has 1 aromatic heterocycles. The topological polar surface area (TPSA) is 45.2 Å². The molecule has 100 valence electrons. The zero-order valence-electron chi connectivity index (χ0n) is 11.3. The summed E-state index contributed by atoms with van der Waals surface area (Å²) in [5.41, 5.74) is 1.00. The van der Waals surface area contributed by atoms with E-state index in [2.05, 4.69) is 22.1 Å². The third kappa shape index (κ3) is 3.53. The average Bonchev–Trinajstić information content (AvgIpc) is 2.61. The fraction of sp³-hybridized carbons (Fsp3) is 0.692. The third-order valence-electron chi connectivity index (χ3n) is 3.52. The van der Waals surface area contributed by atoms with E-state index in [9.17, 15) is 4.79 Å². The van der Waals surface area contributed by atoms with Gasteiger partial charge in [-0.2, -0.15) is 0 Å². The lowest BCUT2D eigenvalue weighted by Gasteiger charge is -2.29. The van der Waals surface area contributed by atoms with Gasteiger partial charge in [-0.15, -0.1) is 11.3 Å². The van der Waals surface area contributed by atoms with Gasteiger partial charge in [0.05, 0.1) is 12.2 Å². The number of nitrogens with one attached hydrogen (secondary N) is 1. The van der Waals surface area contributed by atoms with Gasteiger partial charge in [-0.3, -0.25) is 9.69 Å². The van der Waals surface area contributed by atoms with Crippen molar-refractivity contribution in [2.45, 2.75) is 33.6 Å². The van der Waals surface area contributed by atoms with Gasteiger partial charge >= 0.3 is 0 Å². The summed E-state index contributed by atoms with van der Waals surface area (Å²) in [6.45, 7) is 8.82. The molecule has 5 heteroatoms. The van der Waals surface area contributed by atoms with Crippen LogP contribution in [0.2, 0.25) is 0 Å². The fourth-order valence-electron chi connectivity index (χ4n) is 2.11. The molecule has 1 aromatic rings. The molecule has 0 bridgehead atoms. The van der Waals surface area contributed by atoms with Crippen molar-refractivity contribution in [1.82, 2.24) is 9.88 Å². The minimum absolute atomic E-state index is 0.0540. The molecule has 1 aliphatic rings. The molecule has 4 nitrogen and oxygen atoms in total. The van der Waals surface area contributed by atoms with E-state index in [4.69, 9.17) is 0 Å². The molecular weight excluding hydrogens is 246 g/mol. The largest absolute Gasteiger partial charge is 0.301 e. The number of amides is 1. The normalized spacial score (nSPS) is 17.9. The Balaban J connectivity index is 1.81. The first-order chi connectivity index (χ1) is 8.54. The Kier molecular flexibility index (Phi) is 4.35. The van der Waals surface area contributed by atoms with Gasteiger partial charge in [-0.1, -0.05) is 6.92 Å². The SMILES string of the molecule is Cc1nc(NC(=O)CN2CCC(C)CC2)sc1C. The van der Waals surface area contributed by atoms with Crippen LogP contribution in [-0.4, -0.2) is 35.4 Å². The van der Waals surface area contributed by atoms with Crippen LogP contribution in [0, 0.1) is 19.8 Å². The van der Waals surface area contributed by atoms with Crippen molar-refractivity contribution in [2.75, 3.05) is 25.0 Å². The number of hydrogen-bond donors (Lipinski definition) is 1. The Morgan fingerprint density at radius 1 is 1.44 bits per heavy atom. The molecule has 0 radical (unpaired) electrons. The second-order valence-electron chi connectivity index (χ2n) is 5.17. The summed E-state index contributed by atoms with van der Waals surface area (Å²) >= 11 is 1.54. The van der Waals surface area contributed by atoms with Gasteiger partial charge in [-0.05, 0) is 45.7 Å². The van der Waals surface area contributed by atoms with E-state index in [1.165, 1.54) is 12.8 Å². The summed E-state index contributed by atoms with van der Waals surface area (Å²) in [6, 6.07) is 0. The number of carbonyl (C=O) groups is 1. The number of piperidine rings is 1. The predicted molar refractivity (Wildman–Crippen MR) is 75.1 cm³/mol. The highest BCUT2D eigenvalue weighted by molar-refractivity contribution is 7.15. The van der Waals surface area contributed by atoms with Crippen LogP contribution in [0.25, 0.3) is 0 Å². The molecule has 0 spiro atoms. The lowest BCUT2D eigenvalue weighted by molar-refractivity contribution is -0.117. The van der Waals surface area contributed by atoms with Crippen molar-refractivity contribution in [3.63, 3.8) is 0 Å². The van der Waals surface area contributed by atoms with E-state index in [0.29, 0.717) is 6.54 Å². The molecule has 1 fully saturated rings. The van der Waals surface area contributed by atoms with Crippen LogP contribution < -0.4 is 5.32 Å². The summed E-state index contributed by atoms with van der Waals surface area (Å²) in [5.74, 6) is 0.854. The minimum atomic E-state index is 0.0540. The molecule has 2 rings (SSSR count). The first-order valence-electron chi connectivity index (χ1n) is 6.51. The molecule has 2 heterocycles. The third-order valence-corrected chi connectivity index (χ3v) is 4.51. The van der Waals surface area contributed by atoms with Crippen molar-refractivity contribution in [3.05, 3.63) is 10.6 Å². The maximum absolute atomic E-state index is 11.9. The quantitative estimate of drug-likeness (QED) is 0.915. The van der Waals surface area contributed by atoms with E-state index in [1.54, 1.807) is 11.3 Å². The van der Waals surface area contributed by atoms with E-state index in [0.717, 1.165) is 34.7 Å². The first-order valence-corrected chi connectivity index (χ1v) is 7.32. The molecule has 1 amide bonds. The van der Waals surface area contributed by atoms with E-state index < -0.39 is 0 Å².